The Morgan fingerprint density at radius 3 is 2.78 bits per heavy atom. The van der Waals surface area contributed by atoms with Gasteiger partial charge < -0.3 is 19.5 Å². The summed E-state index contributed by atoms with van der Waals surface area (Å²) in [6.45, 7) is 1.15. The maximum absolute atomic E-state index is 10.1. The van der Waals surface area contributed by atoms with Gasteiger partial charge in [0.05, 0.1) is 5.69 Å². The minimum Gasteiger partial charge on any atom is -0.506 e. The molecule has 18 heavy (non-hydrogen) atoms. The minimum atomic E-state index is 0.230. The standard InChI is InChI=1S/C14H17NO3/c16-12-9-14-13(17-10-18-14)8-11(12)15-6-4-2-1-3-5-7-15/h4,6,8-9,16H,1-3,5,7,10H2/b6-4-. The van der Waals surface area contributed by atoms with Crippen LogP contribution in [0, 0.1) is 0 Å². The molecule has 0 saturated carbocycles. The number of ether oxygens (including phenoxy) is 2. The maximum atomic E-state index is 10.1. The van der Waals surface area contributed by atoms with Crippen molar-refractivity contribution in [2.45, 2.75) is 25.7 Å². The molecule has 2 heterocycles. The highest BCUT2D eigenvalue weighted by Crippen LogP contribution is 2.42. The van der Waals surface area contributed by atoms with Crippen molar-refractivity contribution in [1.82, 2.24) is 0 Å². The van der Waals surface area contributed by atoms with E-state index in [-0.39, 0.29) is 12.5 Å². The summed E-state index contributed by atoms with van der Waals surface area (Å²) in [5.41, 5.74) is 0.789. The summed E-state index contributed by atoms with van der Waals surface area (Å²) in [4.78, 5) is 2.08. The molecule has 4 heteroatoms. The lowest BCUT2D eigenvalue weighted by Gasteiger charge is -2.23. The number of anilines is 1. The lowest BCUT2D eigenvalue weighted by molar-refractivity contribution is 0.174. The fraction of sp³-hybridized carbons (Fsp3) is 0.429. The smallest absolute Gasteiger partial charge is 0.231 e. The Balaban J connectivity index is 1.92. The van der Waals surface area contributed by atoms with Crippen LogP contribution in [0.4, 0.5) is 5.69 Å². The summed E-state index contributed by atoms with van der Waals surface area (Å²) in [7, 11) is 0. The minimum absolute atomic E-state index is 0.230. The zero-order valence-electron chi connectivity index (χ0n) is 10.3. The van der Waals surface area contributed by atoms with Gasteiger partial charge in [-0.15, -0.1) is 0 Å². The maximum Gasteiger partial charge on any atom is 0.231 e. The van der Waals surface area contributed by atoms with Crippen LogP contribution < -0.4 is 14.4 Å². The van der Waals surface area contributed by atoms with Gasteiger partial charge in [0, 0.05) is 24.9 Å². The molecule has 96 valence electrons. The predicted octanol–water partition coefficient (Wildman–Crippen LogP) is 3.02. The molecule has 3 rings (SSSR count). The summed E-state index contributed by atoms with van der Waals surface area (Å²) >= 11 is 0. The van der Waals surface area contributed by atoms with E-state index in [9.17, 15) is 5.11 Å². The first-order valence-corrected chi connectivity index (χ1v) is 6.40. The molecule has 0 aliphatic carbocycles. The molecule has 0 fully saturated rings. The summed E-state index contributed by atoms with van der Waals surface area (Å²) in [6.07, 6.45) is 8.92. The number of nitrogens with zero attached hydrogens (tertiary/aromatic N) is 1. The Labute approximate surface area is 106 Å². The molecule has 0 amide bonds. The second-order valence-electron chi connectivity index (χ2n) is 4.62. The van der Waals surface area contributed by atoms with Gasteiger partial charge in [0.25, 0.3) is 0 Å². The number of aromatic hydroxyl groups is 1. The van der Waals surface area contributed by atoms with Crippen molar-refractivity contribution in [2.24, 2.45) is 0 Å². The average molecular weight is 247 g/mol. The fourth-order valence-electron chi connectivity index (χ4n) is 2.35. The highest BCUT2D eigenvalue weighted by atomic mass is 16.7. The Hall–Kier alpha value is -1.84. The molecule has 0 bridgehead atoms. The SMILES string of the molecule is Oc1cc2c(cc1N1/C=C\CCCCC1)OCO2. The van der Waals surface area contributed by atoms with Crippen LogP contribution in [0.2, 0.25) is 0 Å². The molecular weight excluding hydrogens is 230 g/mol. The molecule has 2 aliphatic rings. The van der Waals surface area contributed by atoms with Crippen LogP contribution in [-0.4, -0.2) is 18.4 Å². The van der Waals surface area contributed by atoms with Crippen molar-refractivity contribution in [2.75, 3.05) is 18.2 Å². The van der Waals surface area contributed by atoms with Crippen LogP contribution in [0.15, 0.2) is 24.4 Å². The molecule has 2 aliphatic heterocycles. The highest BCUT2D eigenvalue weighted by molar-refractivity contribution is 5.67. The van der Waals surface area contributed by atoms with Crippen molar-refractivity contribution in [3.8, 4) is 17.2 Å². The highest BCUT2D eigenvalue weighted by Gasteiger charge is 2.19. The van der Waals surface area contributed by atoms with Gasteiger partial charge >= 0.3 is 0 Å². The molecule has 4 nitrogen and oxygen atoms in total. The predicted molar refractivity (Wildman–Crippen MR) is 69.2 cm³/mol. The number of allylic oxidation sites excluding steroid dienone is 1. The topological polar surface area (TPSA) is 41.9 Å². The molecule has 0 atom stereocenters. The fourth-order valence-corrected chi connectivity index (χ4v) is 2.35. The summed E-state index contributed by atoms with van der Waals surface area (Å²) in [5, 5.41) is 10.1. The number of fused-ring (bicyclic) bond motifs is 1. The lowest BCUT2D eigenvalue weighted by atomic mass is 10.1. The number of phenols is 1. The molecule has 0 saturated heterocycles. The van der Waals surface area contributed by atoms with E-state index in [1.54, 1.807) is 6.07 Å². The van der Waals surface area contributed by atoms with Crippen molar-refractivity contribution in [3.05, 3.63) is 24.4 Å². The number of hydrogen-bond donors (Lipinski definition) is 1. The van der Waals surface area contributed by atoms with Crippen LogP contribution in [0.5, 0.6) is 17.2 Å². The van der Waals surface area contributed by atoms with Crippen LogP contribution in [0.3, 0.4) is 0 Å². The average Bonchev–Trinajstić information content (AvgIpc) is 2.75. The zero-order chi connectivity index (χ0) is 12.4. The molecule has 0 aromatic heterocycles. The normalized spacial score (nSPS) is 20.3. The molecule has 0 unspecified atom stereocenters. The summed E-state index contributed by atoms with van der Waals surface area (Å²) < 4.78 is 10.6. The molecule has 0 spiro atoms. The first-order valence-electron chi connectivity index (χ1n) is 6.40. The zero-order valence-corrected chi connectivity index (χ0v) is 10.3. The van der Waals surface area contributed by atoms with E-state index in [1.807, 2.05) is 6.07 Å². The third kappa shape index (κ3) is 2.10. The van der Waals surface area contributed by atoms with Crippen molar-refractivity contribution < 1.29 is 14.6 Å². The molecule has 1 N–H and O–H groups in total. The van der Waals surface area contributed by atoms with E-state index in [4.69, 9.17) is 9.47 Å². The number of hydrogen-bond acceptors (Lipinski definition) is 4. The second kappa shape index (κ2) is 4.80. The van der Waals surface area contributed by atoms with E-state index >= 15 is 0 Å². The van der Waals surface area contributed by atoms with Gasteiger partial charge in [0.2, 0.25) is 6.79 Å². The Morgan fingerprint density at radius 2 is 1.89 bits per heavy atom. The van der Waals surface area contributed by atoms with Gasteiger partial charge in [-0.2, -0.15) is 0 Å². The van der Waals surface area contributed by atoms with Crippen LogP contribution >= 0.6 is 0 Å². The van der Waals surface area contributed by atoms with Gasteiger partial charge in [-0.1, -0.05) is 12.5 Å². The first-order chi connectivity index (χ1) is 8.84. The van der Waals surface area contributed by atoms with Crippen molar-refractivity contribution in [3.63, 3.8) is 0 Å². The largest absolute Gasteiger partial charge is 0.506 e. The number of rotatable bonds is 1. The third-order valence-electron chi connectivity index (χ3n) is 3.33. The lowest BCUT2D eigenvalue weighted by Crippen LogP contribution is -2.18. The van der Waals surface area contributed by atoms with Gasteiger partial charge in [-0.25, -0.2) is 0 Å². The van der Waals surface area contributed by atoms with Crippen LogP contribution in [0.25, 0.3) is 0 Å². The van der Waals surface area contributed by atoms with E-state index in [0.717, 1.165) is 25.1 Å². The van der Waals surface area contributed by atoms with E-state index < -0.39 is 0 Å². The number of phenolic OH excluding ortho intramolecular Hbond substituents is 1. The third-order valence-corrected chi connectivity index (χ3v) is 3.33. The Morgan fingerprint density at radius 1 is 1.06 bits per heavy atom. The van der Waals surface area contributed by atoms with Gasteiger partial charge in [-0.05, 0) is 19.3 Å². The van der Waals surface area contributed by atoms with E-state index in [1.165, 1.54) is 12.8 Å². The monoisotopic (exact) mass is 247 g/mol. The van der Waals surface area contributed by atoms with E-state index in [2.05, 4.69) is 17.2 Å². The Kier molecular flexibility index (Phi) is 3.00. The van der Waals surface area contributed by atoms with Gasteiger partial charge in [0.1, 0.15) is 5.75 Å². The van der Waals surface area contributed by atoms with Gasteiger partial charge in [-0.3, -0.25) is 0 Å². The molecule has 0 radical (unpaired) electrons. The molecular formula is C14H17NO3. The number of benzene rings is 1. The van der Waals surface area contributed by atoms with Crippen LogP contribution in [-0.2, 0) is 0 Å². The van der Waals surface area contributed by atoms with Crippen LogP contribution in [0.1, 0.15) is 25.7 Å². The van der Waals surface area contributed by atoms with Gasteiger partial charge in [0.15, 0.2) is 11.5 Å². The van der Waals surface area contributed by atoms with Crippen molar-refractivity contribution >= 4 is 5.69 Å². The summed E-state index contributed by atoms with van der Waals surface area (Å²) in [6, 6.07) is 3.48. The quantitative estimate of drug-likeness (QED) is 0.828. The van der Waals surface area contributed by atoms with E-state index in [0.29, 0.717) is 11.5 Å². The second-order valence-corrected chi connectivity index (χ2v) is 4.62. The summed E-state index contributed by atoms with van der Waals surface area (Å²) in [5.74, 6) is 1.56. The molecule has 1 aromatic rings. The van der Waals surface area contributed by atoms with Crippen molar-refractivity contribution in [1.29, 1.82) is 0 Å². The Bertz CT molecular complexity index is 470. The molecule has 1 aromatic carbocycles. The first kappa shape index (κ1) is 11.3.